The van der Waals surface area contributed by atoms with E-state index in [9.17, 15) is 13.2 Å². The van der Waals surface area contributed by atoms with Gasteiger partial charge >= 0.3 is 5.97 Å². The molecule has 0 saturated carbocycles. The maximum Gasteiger partial charge on any atom is 0.323 e. The third-order valence-corrected chi connectivity index (χ3v) is 10.8. The molecular weight excluding hydrogens is 468 g/mol. The van der Waals surface area contributed by atoms with Gasteiger partial charge in [-0.1, -0.05) is 17.7 Å². The van der Waals surface area contributed by atoms with Crippen molar-refractivity contribution in [2.24, 2.45) is 5.92 Å². The lowest BCUT2D eigenvalue weighted by Gasteiger charge is -2.40. The van der Waals surface area contributed by atoms with Crippen molar-refractivity contribution in [3.8, 4) is 0 Å². The van der Waals surface area contributed by atoms with Crippen LogP contribution >= 0.6 is 11.3 Å². The van der Waals surface area contributed by atoms with Crippen LogP contribution in [0.25, 0.3) is 0 Å². The van der Waals surface area contributed by atoms with Gasteiger partial charge in [-0.3, -0.25) is 14.0 Å². The number of thiophene rings is 1. The Morgan fingerprint density at radius 2 is 1.88 bits per heavy atom. The smallest absolute Gasteiger partial charge is 0.323 e. The Morgan fingerprint density at radius 3 is 2.56 bits per heavy atom. The van der Waals surface area contributed by atoms with E-state index in [-0.39, 0.29) is 30.0 Å². The van der Waals surface area contributed by atoms with Gasteiger partial charge in [0, 0.05) is 29.1 Å². The van der Waals surface area contributed by atoms with Crippen molar-refractivity contribution in [2.45, 2.75) is 82.8 Å². The highest BCUT2D eigenvalue weighted by Crippen LogP contribution is 2.56. The van der Waals surface area contributed by atoms with Gasteiger partial charge in [-0.2, -0.15) is 0 Å². The summed E-state index contributed by atoms with van der Waals surface area (Å²) in [5.74, 6) is -0.144. The molecule has 0 spiro atoms. The first-order chi connectivity index (χ1) is 16.2. The number of esters is 1. The number of fused-ring (bicyclic) bond motifs is 5. The fourth-order valence-corrected chi connectivity index (χ4v) is 9.27. The van der Waals surface area contributed by atoms with E-state index < -0.39 is 10.0 Å². The molecule has 1 fully saturated rings. The molecule has 2 aromatic rings. The van der Waals surface area contributed by atoms with Crippen LogP contribution in [-0.4, -0.2) is 44.5 Å². The van der Waals surface area contributed by atoms with E-state index in [0.717, 1.165) is 41.8 Å². The van der Waals surface area contributed by atoms with Crippen molar-refractivity contribution < 1.29 is 17.9 Å². The molecule has 1 saturated heterocycles. The zero-order chi connectivity index (χ0) is 24.2. The van der Waals surface area contributed by atoms with Crippen LogP contribution in [0.1, 0.15) is 67.6 Å². The second kappa shape index (κ2) is 8.95. The first kappa shape index (κ1) is 23.8. The van der Waals surface area contributed by atoms with Crippen molar-refractivity contribution in [1.29, 1.82) is 0 Å². The number of likely N-dealkylation sites (tertiary alicyclic amines) is 1. The molecule has 0 amide bonds. The molecule has 3 heterocycles. The van der Waals surface area contributed by atoms with Crippen LogP contribution < -0.4 is 4.31 Å². The predicted molar refractivity (Wildman–Crippen MR) is 135 cm³/mol. The highest BCUT2D eigenvalue weighted by atomic mass is 32.2. The first-order valence-corrected chi connectivity index (χ1v) is 14.7. The molecule has 3 aliphatic rings. The summed E-state index contributed by atoms with van der Waals surface area (Å²) in [6, 6.07) is 6.98. The van der Waals surface area contributed by atoms with Gasteiger partial charge in [0.15, 0.2) is 0 Å². The molecule has 6 nitrogen and oxygen atoms in total. The number of ether oxygens (including phenoxy) is 1. The summed E-state index contributed by atoms with van der Waals surface area (Å²) < 4.78 is 35.0. The van der Waals surface area contributed by atoms with E-state index in [1.807, 2.05) is 26.0 Å². The summed E-state index contributed by atoms with van der Waals surface area (Å²) in [5, 5.41) is 0.865. The zero-order valence-electron chi connectivity index (χ0n) is 20.4. The molecule has 2 aliphatic heterocycles. The number of hydrogen-bond acceptors (Lipinski definition) is 6. The van der Waals surface area contributed by atoms with E-state index in [2.05, 4.69) is 18.7 Å². The molecule has 1 aromatic heterocycles. The van der Waals surface area contributed by atoms with Crippen molar-refractivity contribution in [2.75, 3.05) is 17.5 Å². The van der Waals surface area contributed by atoms with Gasteiger partial charge in [-0.05, 0) is 83.4 Å². The molecule has 184 valence electrons. The first-order valence-electron chi connectivity index (χ1n) is 12.4. The monoisotopic (exact) mass is 502 g/mol. The largest absolute Gasteiger partial charge is 0.465 e. The van der Waals surface area contributed by atoms with Gasteiger partial charge in [0.1, 0.15) is 11.0 Å². The topological polar surface area (TPSA) is 66.9 Å². The number of rotatable bonds is 5. The Bertz CT molecular complexity index is 1190. The summed E-state index contributed by atoms with van der Waals surface area (Å²) in [5.41, 5.74) is 3.53. The summed E-state index contributed by atoms with van der Waals surface area (Å²) >= 11 is 1.66. The second-order valence-corrected chi connectivity index (χ2v) is 13.0. The zero-order valence-corrected chi connectivity index (χ0v) is 22.0. The van der Waals surface area contributed by atoms with Gasteiger partial charge in [-0.25, -0.2) is 8.42 Å². The normalized spacial score (nSPS) is 24.6. The number of carbonyl (C=O) groups is 1. The maximum atomic E-state index is 13.9. The fourth-order valence-electron chi connectivity index (χ4n) is 6.08. The highest BCUT2D eigenvalue weighted by molar-refractivity contribution is 7.93. The molecule has 0 radical (unpaired) electrons. The molecular formula is C26H34N2O4S2. The number of hydrogen-bond donors (Lipinski definition) is 0. The fraction of sp³-hybridized carbons (Fsp3) is 0.577. The number of aryl methyl sites for hydroxylation is 2. The van der Waals surface area contributed by atoms with Gasteiger partial charge in [0.05, 0.1) is 11.5 Å². The third-order valence-electron chi connectivity index (χ3n) is 7.53. The van der Waals surface area contributed by atoms with E-state index in [1.165, 1.54) is 10.4 Å². The average molecular weight is 503 g/mol. The highest BCUT2D eigenvalue weighted by Gasteiger charge is 2.53. The van der Waals surface area contributed by atoms with Crippen LogP contribution in [-0.2, 0) is 32.4 Å². The second-order valence-electron chi connectivity index (χ2n) is 10.0. The molecule has 0 unspecified atom stereocenters. The van der Waals surface area contributed by atoms with E-state index in [0.29, 0.717) is 24.5 Å². The van der Waals surface area contributed by atoms with E-state index >= 15 is 0 Å². The lowest BCUT2D eigenvalue weighted by molar-refractivity contribution is -0.149. The van der Waals surface area contributed by atoms with Gasteiger partial charge < -0.3 is 4.74 Å². The molecule has 5 rings (SSSR count). The minimum absolute atomic E-state index is 0.0464. The summed E-state index contributed by atoms with van der Waals surface area (Å²) in [6.45, 7) is 8.80. The minimum atomic E-state index is -3.71. The van der Waals surface area contributed by atoms with Crippen molar-refractivity contribution in [3.05, 3.63) is 45.8 Å². The van der Waals surface area contributed by atoms with E-state index in [1.54, 1.807) is 27.8 Å². The molecule has 0 N–H and O–H groups in total. The third kappa shape index (κ3) is 3.78. The number of anilines is 1. The Kier molecular flexibility index (Phi) is 6.27. The Morgan fingerprint density at radius 1 is 1.18 bits per heavy atom. The van der Waals surface area contributed by atoms with Crippen LogP contribution in [0.15, 0.2) is 29.2 Å². The maximum absolute atomic E-state index is 13.9. The minimum Gasteiger partial charge on any atom is -0.465 e. The molecule has 3 atom stereocenters. The lowest BCUT2D eigenvalue weighted by Crippen LogP contribution is -2.46. The van der Waals surface area contributed by atoms with Crippen molar-refractivity contribution in [1.82, 2.24) is 4.90 Å². The van der Waals surface area contributed by atoms with Crippen LogP contribution in [0.3, 0.4) is 0 Å². The lowest BCUT2D eigenvalue weighted by atomic mass is 9.85. The quantitative estimate of drug-likeness (QED) is 0.547. The van der Waals surface area contributed by atoms with Crippen molar-refractivity contribution >= 4 is 32.3 Å². The summed E-state index contributed by atoms with van der Waals surface area (Å²) in [4.78, 5) is 16.9. The molecule has 0 bridgehead atoms. The summed E-state index contributed by atoms with van der Waals surface area (Å²) in [7, 11) is -3.71. The van der Waals surface area contributed by atoms with Crippen LogP contribution in [0, 0.1) is 12.8 Å². The van der Waals surface area contributed by atoms with Crippen LogP contribution in [0.4, 0.5) is 5.00 Å². The molecule has 1 aliphatic carbocycles. The summed E-state index contributed by atoms with van der Waals surface area (Å²) in [6.07, 6.45) is 4.88. The molecule has 1 aromatic carbocycles. The molecule has 8 heteroatoms. The van der Waals surface area contributed by atoms with Crippen LogP contribution in [0.5, 0.6) is 0 Å². The van der Waals surface area contributed by atoms with Gasteiger partial charge in [-0.15, -0.1) is 11.3 Å². The van der Waals surface area contributed by atoms with Crippen molar-refractivity contribution in [3.63, 3.8) is 0 Å². The van der Waals surface area contributed by atoms with E-state index in [4.69, 9.17) is 4.74 Å². The number of sulfonamides is 1. The number of nitrogens with zero attached hydrogens (tertiary/aromatic N) is 2. The molecule has 34 heavy (non-hydrogen) atoms. The predicted octanol–water partition coefficient (Wildman–Crippen LogP) is 4.85. The van der Waals surface area contributed by atoms with Crippen LogP contribution in [0.2, 0.25) is 0 Å². The average Bonchev–Trinajstić information content (AvgIpc) is 3.37. The van der Waals surface area contributed by atoms with Gasteiger partial charge in [0.2, 0.25) is 0 Å². The standard InChI is InChI=1S/C26H34N2O4S2/c1-5-32-26(29)21-14-18-15-27(34(30,31)19-12-10-17(4)11-13-19)25-23(24(18)28(21)16(2)3)20-8-6-7-9-22(20)33-25/h10-13,16,18,21,24H,5-9,14-15H2,1-4H3/t18-,21-,24-/m1/s1. The number of carbonyl (C=O) groups excluding carboxylic acids is 1. The number of benzene rings is 1. The Labute approximate surface area is 207 Å². The SMILES string of the molecule is CCOC(=O)[C@H]1C[C@@H]2CN(S(=O)(=O)c3ccc(C)cc3)c3sc4c(c3[C@@H]2N1C(C)C)CCCC4. The Hall–Kier alpha value is -1.90. The van der Waals surface area contributed by atoms with Gasteiger partial charge in [0.25, 0.3) is 10.0 Å². The Balaban J connectivity index is 1.65.